The molecule has 106 valence electrons. The lowest BCUT2D eigenvalue weighted by atomic mass is 10.0. The predicted molar refractivity (Wildman–Crippen MR) is 86.2 cm³/mol. The Morgan fingerprint density at radius 2 is 1.59 bits per heavy atom. The number of hydrogen-bond donors (Lipinski definition) is 1. The Morgan fingerprint density at radius 1 is 0.909 bits per heavy atom. The Morgan fingerprint density at radius 3 is 2.36 bits per heavy atom. The minimum atomic E-state index is -0.660. The Hall–Kier alpha value is -3.12. The zero-order valence-corrected chi connectivity index (χ0v) is 11.9. The van der Waals surface area contributed by atoms with Crippen molar-refractivity contribution in [2.75, 3.05) is 0 Å². The number of amides is 1. The van der Waals surface area contributed by atoms with Gasteiger partial charge in [0.15, 0.2) is 0 Å². The number of carbonyl (C=O) groups excluding carboxylic acids is 1. The van der Waals surface area contributed by atoms with E-state index >= 15 is 0 Å². The summed E-state index contributed by atoms with van der Waals surface area (Å²) >= 11 is 0. The van der Waals surface area contributed by atoms with Gasteiger partial charge in [-0.25, -0.2) is 0 Å². The molecular weight excluding hydrogens is 272 g/mol. The largest absolute Gasteiger partial charge is 0.332 e. The molecule has 3 aromatic carbocycles. The molecular formula is C19H14N2O. The Balaban J connectivity index is 1.92. The summed E-state index contributed by atoms with van der Waals surface area (Å²) in [6, 6.07) is 24.0. The molecule has 0 fully saturated rings. The summed E-state index contributed by atoms with van der Waals surface area (Å²) in [5.74, 6) is -0.243. The number of benzene rings is 3. The summed E-state index contributed by atoms with van der Waals surface area (Å²) in [6.45, 7) is 0. The van der Waals surface area contributed by atoms with Crippen LogP contribution in [-0.2, 0) is 0 Å². The van der Waals surface area contributed by atoms with Crippen LogP contribution in [0.2, 0.25) is 0 Å². The summed E-state index contributed by atoms with van der Waals surface area (Å²) in [7, 11) is 0. The van der Waals surface area contributed by atoms with E-state index in [-0.39, 0.29) is 5.91 Å². The van der Waals surface area contributed by atoms with Gasteiger partial charge in [-0.15, -0.1) is 0 Å². The maximum Gasteiger partial charge on any atom is 0.253 e. The van der Waals surface area contributed by atoms with Crippen molar-refractivity contribution >= 4 is 16.7 Å². The summed E-state index contributed by atoms with van der Waals surface area (Å²) < 4.78 is 0. The van der Waals surface area contributed by atoms with Gasteiger partial charge in [-0.05, 0) is 22.4 Å². The minimum absolute atomic E-state index is 0.243. The van der Waals surface area contributed by atoms with Gasteiger partial charge < -0.3 is 5.32 Å². The SMILES string of the molecule is N#CC(NC(=O)c1cccc2ccccc12)c1ccccc1. The van der Waals surface area contributed by atoms with Crippen LogP contribution in [0.15, 0.2) is 72.8 Å². The average Bonchev–Trinajstić information content (AvgIpc) is 2.59. The quantitative estimate of drug-likeness (QED) is 0.795. The van der Waals surface area contributed by atoms with Crippen LogP contribution >= 0.6 is 0 Å². The lowest BCUT2D eigenvalue weighted by Gasteiger charge is -2.13. The van der Waals surface area contributed by atoms with Crippen LogP contribution in [-0.4, -0.2) is 5.91 Å². The highest BCUT2D eigenvalue weighted by Crippen LogP contribution is 2.20. The molecule has 1 atom stereocenters. The molecule has 0 aliphatic carbocycles. The first-order valence-electron chi connectivity index (χ1n) is 7.03. The van der Waals surface area contributed by atoms with Crippen molar-refractivity contribution in [3.63, 3.8) is 0 Å². The molecule has 0 aliphatic heterocycles. The number of fused-ring (bicyclic) bond motifs is 1. The van der Waals surface area contributed by atoms with E-state index in [1.54, 1.807) is 6.07 Å². The van der Waals surface area contributed by atoms with Crippen molar-refractivity contribution in [1.29, 1.82) is 5.26 Å². The van der Waals surface area contributed by atoms with E-state index in [0.717, 1.165) is 16.3 Å². The summed E-state index contributed by atoms with van der Waals surface area (Å²) in [5, 5.41) is 14.0. The number of hydrogen-bond acceptors (Lipinski definition) is 2. The molecule has 0 aliphatic rings. The monoisotopic (exact) mass is 286 g/mol. The van der Waals surface area contributed by atoms with Gasteiger partial charge in [0, 0.05) is 5.56 Å². The van der Waals surface area contributed by atoms with Gasteiger partial charge in [-0.3, -0.25) is 4.79 Å². The van der Waals surface area contributed by atoms with E-state index in [0.29, 0.717) is 5.56 Å². The topological polar surface area (TPSA) is 52.9 Å². The zero-order chi connectivity index (χ0) is 15.4. The van der Waals surface area contributed by atoms with Gasteiger partial charge in [-0.2, -0.15) is 5.26 Å². The first kappa shape index (κ1) is 13.8. The first-order valence-corrected chi connectivity index (χ1v) is 7.03. The van der Waals surface area contributed by atoms with Crippen LogP contribution in [0.25, 0.3) is 10.8 Å². The highest BCUT2D eigenvalue weighted by atomic mass is 16.1. The molecule has 22 heavy (non-hydrogen) atoms. The molecule has 0 radical (unpaired) electrons. The van der Waals surface area contributed by atoms with Crippen molar-refractivity contribution in [1.82, 2.24) is 5.32 Å². The Kier molecular flexibility index (Phi) is 3.84. The van der Waals surface area contributed by atoms with Crippen molar-refractivity contribution in [2.45, 2.75) is 6.04 Å². The normalized spacial score (nSPS) is 11.6. The number of rotatable bonds is 3. The third kappa shape index (κ3) is 2.68. The van der Waals surface area contributed by atoms with Crippen molar-refractivity contribution in [3.8, 4) is 6.07 Å². The molecule has 1 N–H and O–H groups in total. The summed E-state index contributed by atoms with van der Waals surface area (Å²) in [5.41, 5.74) is 1.35. The second kappa shape index (κ2) is 6.11. The van der Waals surface area contributed by atoms with Gasteiger partial charge in [0.05, 0.1) is 6.07 Å². The Bertz CT molecular complexity index is 845. The highest BCUT2D eigenvalue weighted by molar-refractivity contribution is 6.07. The van der Waals surface area contributed by atoms with Gasteiger partial charge in [0.1, 0.15) is 6.04 Å². The van der Waals surface area contributed by atoms with Crippen LogP contribution in [0, 0.1) is 11.3 Å². The molecule has 0 heterocycles. The number of carbonyl (C=O) groups is 1. The molecule has 0 spiro atoms. The molecule has 0 bridgehead atoms. The first-order chi connectivity index (χ1) is 10.8. The lowest BCUT2D eigenvalue weighted by molar-refractivity contribution is 0.0947. The van der Waals surface area contributed by atoms with E-state index in [1.807, 2.05) is 66.7 Å². The van der Waals surface area contributed by atoms with Gasteiger partial charge in [-0.1, -0.05) is 66.7 Å². The lowest BCUT2D eigenvalue weighted by Crippen LogP contribution is -2.27. The van der Waals surface area contributed by atoms with Crippen molar-refractivity contribution in [3.05, 3.63) is 83.9 Å². The number of nitriles is 1. The molecule has 3 aromatic rings. The second-order valence-corrected chi connectivity index (χ2v) is 4.97. The standard InChI is InChI=1S/C19H14N2O/c20-13-18(15-8-2-1-3-9-15)21-19(22)17-12-6-10-14-7-4-5-11-16(14)17/h1-12,18H,(H,21,22). The zero-order valence-electron chi connectivity index (χ0n) is 11.9. The minimum Gasteiger partial charge on any atom is -0.332 e. The third-order valence-corrected chi connectivity index (χ3v) is 3.57. The maximum absolute atomic E-state index is 12.5. The summed E-state index contributed by atoms with van der Waals surface area (Å²) in [4.78, 5) is 12.5. The predicted octanol–water partition coefficient (Wildman–Crippen LogP) is 3.83. The molecule has 3 nitrogen and oxygen atoms in total. The molecule has 1 unspecified atom stereocenters. The number of nitrogens with one attached hydrogen (secondary N) is 1. The molecule has 3 heteroatoms. The van der Waals surface area contributed by atoms with E-state index in [2.05, 4.69) is 11.4 Å². The van der Waals surface area contributed by atoms with Gasteiger partial charge in [0.25, 0.3) is 5.91 Å². The van der Waals surface area contributed by atoms with E-state index in [4.69, 9.17) is 0 Å². The molecule has 3 rings (SSSR count). The van der Waals surface area contributed by atoms with Crippen molar-refractivity contribution < 1.29 is 4.79 Å². The smallest absolute Gasteiger partial charge is 0.253 e. The average molecular weight is 286 g/mol. The van der Waals surface area contributed by atoms with Crippen molar-refractivity contribution in [2.24, 2.45) is 0 Å². The fraction of sp³-hybridized carbons (Fsp3) is 0.0526. The maximum atomic E-state index is 12.5. The van der Waals surface area contributed by atoms with E-state index < -0.39 is 6.04 Å². The van der Waals surface area contributed by atoms with Gasteiger partial charge >= 0.3 is 0 Å². The Labute approximate surface area is 128 Å². The van der Waals surface area contributed by atoms with Crippen LogP contribution in [0.3, 0.4) is 0 Å². The molecule has 0 aromatic heterocycles. The van der Waals surface area contributed by atoms with E-state index in [1.165, 1.54) is 0 Å². The molecule has 0 saturated heterocycles. The van der Waals surface area contributed by atoms with Crippen LogP contribution in [0.5, 0.6) is 0 Å². The fourth-order valence-electron chi connectivity index (χ4n) is 2.47. The number of nitrogens with zero attached hydrogens (tertiary/aromatic N) is 1. The van der Waals surface area contributed by atoms with E-state index in [9.17, 15) is 10.1 Å². The van der Waals surface area contributed by atoms with Crippen LogP contribution in [0.1, 0.15) is 22.0 Å². The summed E-state index contributed by atoms with van der Waals surface area (Å²) in [6.07, 6.45) is 0. The molecule has 1 amide bonds. The fourth-order valence-corrected chi connectivity index (χ4v) is 2.47. The van der Waals surface area contributed by atoms with Crippen LogP contribution in [0.4, 0.5) is 0 Å². The second-order valence-electron chi connectivity index (χ2n) is 4.97. The van der Waals surface area contributed by atoms with Gasteiger partial charge in [0.2, 0.25) is 0 Å². The third-order valence-electron chi connectivity index (χ3n) is 3.57. The van der Waals surface area contributed by atoms with Crippen LogP contribution < -0.4 is 5.32 Å². The highest BCUT2D eigenvalue weighted by Gasteiger charge is 2.16. The molecule has 0 saturated carbocycles.